The van der Waals surface area contributed by atoms with Gasteiger partial charge in [0.1, 0.15) is 11.6 Å². The van der Waals surface area contributed by atoms with Crippen molar-refractivity contribution in [2.45, 2.75) is 18.6 Å². The van der Waals surface area contributed by atoms with Crippen LogP contribution in [0.5, 0.6) is 0 Å². The maximum atomic E-state index is 5.63. The highest BCUT2D eigenvalue weighted by Gasteiger charge is 2.20. The average molecular weight is 224 g/mol. The van der Waals surface area contributed by atoms with Crippen molar-refractivity contribution in [3.05, 3.63) is 12.4 Å². The van der Waals surface area contributed by atoms with Gasteiger partial charge in [0.2, 0.25) is 0 Å². The van der Waals surface area contributed by atoms with Crippen molar-refractivity contribution in [2.75, 3.05) is 29.5 Å². The lowest BCUT2D eigenvalue weighted by Gasteiger charge is -2.32. The number of hydrogen-bond acceptors (Lipinski definition) is 5. The summed E-state index contributed by atoms with van der Waals surface area (Å²) in [5.74, 6) is 2.57. The lowest BCUT2D eigenvalue weighted by molar-refractivity contribution is 0.719. The number of nitrogens with zero attached hydrogens (tertiary/aromatic N) is 3. The van der Waals surface area contributed by atoms with E-state index >= 15 is 0 Å². The quantitative estimate of drug-likeness (QED) is 0.822. The van der Waals surface area contributed by atoms with Crippen LogP contribution in [0, 0.1) is 0 Å². The van der Waals surface area contributed by atoms with Crippen molar-refractivity contribution in [3.8, 4) is 0 Å². The Bertz CT molecular complexity index is 331. The van der Waals surface area contributed by atoms with E-state index in [1.807, 2.05) is 11.8 Å². The number of thioether (sulfide) groups is 1. The van der Waals surface area contributed by atoms with E-state index in [1.165, 1.54) is 6.42 Å². The van der Waals surface area contributed by atoms with E-state index in [0.717, 1.165) is 24.7 Å². The average Bonchev–Trinajstić information content (AvgIpc) is 2.29. The van der Waals surface area contributed by atoms with Crippen LogP contribution in [0.2, 0.25) is 0 Å². The van der Waals surface area contributed by atoms with Gasteiger partial charge in [-0.15, -0.1) is 0 Å². The Morgan fingerprint density at radius 2 is 2.47 bits per heavy atom. The van der Waals surface area contributed by atoms with E-state index in [4.69, 9.17) is 5.73 Å². The second-order valence-electron chi connectivity index (χ2n) is 3.65. The number of hydrogen-bond donors (Lipinski definition) is 1. The highest BCUT2D eigenvalue weighted by atomic mass is 32.2. The minimum absolute atomic E-state index is 0.499. The molecular formula is C10H16N4S. The molecule has 0 radical (unpaired) electrons. The van der Waals surface area contributed by atoms with E-state index < -0.39 is 0 Å². The minimum Gasteiger partial charge on any atom is -0.382 e. The standard InChI is InChI=1S/C10H16N4S/c1-2-8-7-14(3-4-15-8)10-6-12-5-9(11)13-10/h5-6,8H,2-4,7H2,1H3,(H2,11,13). The minimum atomic E-state index is 0.499. The molecule has 1 aromatic rings. The zero-order valence-corrected chi connectivity index (χ0v) is 9.70. The number of rotatable bonds is 2. The smallest absolute Gasteiger partial charge is 0.149 e. The van der Waals surface area contributed by atoms with E-state index in [-0.39, 0.29) is 0 Å². The van der Waals surface area contributed by atoms with Crippen molar-refractivity contribution in [1.29, 1.82) is 0 Å². The van der Waals surface area contributed by atoms with E-state index in [0.29, 0.717) is 11.1 Å². The first kappa shape index (κ1) is 10.5. The first-order valence-corrected chi connectivity index (χ1v) is 6.28. The first-order valence-electron chi connectivity index (χ1n) is 5.23. The number of aromatic nitrogens is 2. The van der Waals surface area contributed by atoms with Gasteiger partial charge >= 0.3 is 0 Å². The van der Waals surface area contributed by atoms with Crippen LogP contribution in [0.3, 0.4) is 0 Å². The van der Waals surface area contributed by atoms with Crippen LogP contribution in [0.15, 0.2) is 12.4 Å². The molecule has 1 atom stereocenters. The van der Waals surface area contributed by atoms with Gasteiger partial charge < -0.3 is 10.6 Å². The predicted octanol–water partition coefficient (Wildman–Crippen LogP) is 1.39. The maximum Gasteiger partial charge on any atom is 0.149 e. The third kappa shape index (κ3) is 2.53. The third-order valence-electron chi connectivity index (χ3n) is 2.56. The van der Waals surface area contributed by atoms with Crippen LogP contribution in [-0.4, -0.2) is 34.1 Å². The summed E-state index contributed by atoms with van der Waals surface area (Å²) in [4.78, 5) is 10.6. The molecule has 0 amide bonds. The Labute approximate surface area is 94.3 Å². The predicted molar refractivity (Wildman–Crippen MR) is 65.2 cm³/mol. The second-order valence-corrected chi connectivity index (χ2v) is 5.06. The zero-order valence-electron chi connectivity index (χ0n) is 8.89. The van der Waals surface area contributed by atoms with Gasteiger partial charge in [-0.3, -0.25) is 4.98 Å². The molecule has 2 rings (SSSR count). The van der Waals surface area contributed by atoms with Gasteiger partial charge in [-0.05, 0) is 6.42 Å². The molecule has 1 aromatic heterocycles. The lowest BCUT2D eigenvalue weighted by Crippen LogP contribution is -2.38. The summed E-state index contributed by atoms with van der Waals surface area (Å²) in [6.45, 7) is 4.32. The Morgan fingerprint density at radius 1 is 1.60 bits per heavy atom. The third-order valence-corrected chi connectivity index (χ3v) is 3.93. The molecule has 1 unspecified atom stereocenters. The summed E-state index contributed by atoms with van der Waals surface area (Å²) >= 11 is 2.04. The molecule has 2 heterocycles. The normalized spacial score (nSPS) is 21.7. The van der Waals surface area contributed by atoms with Gasteiger partial charge in [-0.1, -0.05) is 6.92 Å². The van der Waals surface area contributed by atoms with Crippen LogP contribution in [0.1, 0.15) is 13.3 Å². The van der Waals surface area contributed by atoms with Gasteiger partial charge in [0.05, 0.1) is 12.4 Å². The molecule has 5 heteroatoms. The van der Waals surface area contributed by atoms with E-state index in [9.17, 15) is 0 Å². The van der Waals surface area contributed by atoms with Crippen molar-refractivity contribution in [3.63, 3.8) is 0 Å². The molecule has 0 spiro atoms. The molecule has 1 saturated heterocycles. The van der Waals surface area contributed by atoms with Crippen LogP contribution in [0.25, 0.3) is 0 Å². The molecule has 0 bridgehead atoms. The summed E-state index contributed by atoms with van der Waals surface area (Å²) in [5, 5.41) is 0.710. The maximum absolute atomic E-state index is 5.63. The van der Waals surface area contributed by atoms with Gasteiger partial charge in [0.15, 0.2) is 0 Å². The Kier molecular flexibility index (Phi) is 3.30. The van der Waals surface area contributed by atoms with E-state index in [2.05, 4.69) is 21.8 Å². The Balaban J connectivity index is 2.09. The molecule has 0 aliphatic carbocycles. The fraction of sp³-hybridized carbons (Fsp3) is 0.600. The first-order chi connectivity index (χ1) is 7.29. The van der Waals surface area contributed by atoms with Crippen LogP contribution in [-0.2, 0) is 0 Å². The molecule has 82 valence electrons. The molecule has 1 fully saturated rings. The number of anilines is 2. The highest BCUT2D eigenvalue weighted by molar-refractivity contribution is 8.00. The molecule has 1 aliphatic heterocycles. The highest BCUT2D eigenvalue weighted by Crippen LogP contribution is 2.24. The topological polar surface area (TPSA) is 55.0 Å². The fourth-order valence-corrected chi connectivity index (χ4v) is 2.88. The SMILES string of the molecule is CCC1CN(c2cncc(N)n2)CCS1. The van der Waals surface area contributed by atoms with Crippen molar-refractivity contribution >= 4 is 23.4 Å². The van der Waals surface area contributed by atoms with Gasteiger partial charge in [-0.25, -0.2) is 4.98 Å². The number of nitrogens with two attached hydrogens (primary N) is 1. The van der Waals surface area contributed by atoms with Crippen LogP contribution < -0.4 is 10.6 Å². The molecule has 15 heavy (non-hydrogen) atoms. The molecular weight excluding hydrogens is 208 g/mol. The fourth-order valence-electron chi connectivity index (χ4n) is 1.70. The summed E-state index contributed by atoms with van der Waals surface area (Å²) in [5.41, 5.74) is 5.63. The molecule has 2 N–H and O–H groups in total. The Morgan fingerprint density at radius 3 is 3.20 bits per heavy atom. The summed E-state index contributed by atoms with van der Waals surface area (Å²) in [6.07, 6.45) is 4.58. The van der Waals surface area contributed by atoms with Crippen LogP contribution in [0.4, 0.5) is 11.6 Å². The van der Waals surface area contributed by atoms with E-state index in [1.54, 1.807) is 12.4 Å². The summed E-state index contributed by atoms with van der Waals surface area (Å²) in [7, 11) is 0. The number of nitrogen functional groups attached to an aromatic ring is 1. The van der Waals surface area contributed by atoms with Gasteiger partial charge in [0, 0.05) is 24.1 Å². The molecule has 0 saturated carbocycles. The van der Waals surface area contributed by atoms with Gasteiger partial charge in [-0.2, -0.15) is 11.8 Å². The second kappa shape index (κ2) is 4.70. The zero-order chi connectivity index (χ0) is 10.7. The Hall–Kier alpha value is -0.970. The van der Waals surface area contributed by atoms with Crippen molar-refractivity contribution in [1.82, 2.24) is 9.97 Å². The largest absolute Gasteiger partial charge is 0.382 e. The molecule has 0 aromatic carbocycles. The molecule has 4 nitrogen and oxygen atoms in total. The van der Waals surface area contributed by atoms with Gasteiger partial charge in [0.25, 0.3) is 0 Å². The van der Waals surface area contributed by atoms with Crippen molar-refractivity contribution in [2.24, 2.45) is 0 Å². The molecule has 1 aliphatic rings. The monoisotopic (exact) mass is 224 g/mol. The summed E-state index contributed by atoms with van der Waals surface area (Å²) in [6, 6.07) is 0. The van der Waals surface area contributed by atoms with Crippen LogP contribution >= 0.6 is 11.8 Å². The van der Waals surface area contributed by atoms with Crippen molar-refractivity contribution < 1.29 is 0 Å². The summed E-state index contributed by atoms with van der Waals surface area (Å²) < 4.78 is 0. The lowest BCUT2D eigenvalue weighted by atomic mass is 10.3.